The average molecular weight is 334 g/mol. The number of hydrogen-bond acceptors (Lipinski definition) is 6. The van der Waals surface area contributed by atoms with Crippen LogP contribution in [-0.4, -0.2) is 28.9 Å². The minimum atomic E-state index is -4.02. The van der Waals surface area contributed by atoms with Gasteiger partial charge in [0.1, 0.15) is 10.7 Å². The molecule has 0 aliphatic carbocycles. The molecular formula is C10H8ClN3O4S2. The molecule has 10 heteroatoms. The van der Waals surface area contributed by atoms with E-state index in [0.29, 0.717) is 5.82 Å². The summed E-state index contributed by atoms with van der Waals surface area (Å²) in [6.07, 6.45) is 0. The standard InChI is InChI=1S/C10H8ClN3O4S2/c1-5-12-10(19-13-5)14-20(17,18)8-4-6(9(15)16)2-3-7(8)11/h2-4H,1H3,(H,15,16)(H,12,13,14). The van der Waals surface area contributed by atoms with Gasteiger partial charge in [0.2, 0.25) is 5.13 Å². The molecule has 0 atom stereocenters. The minimum Gasteiger partial charge on any atom is -0.478 e. The third kappa shape index (κ3) is 3.06. The van der Waals surface area contributed by atoms with Crippen LogP contribution in [0.25, 0.3) is 0 Å². The summed E-state index contributed by atoms with van der Waals surface area (Å²) < 4.78 is 30.4. The lowest BCUT2D eigenvalue weighted by Crippen LogP contribution is -2.14. The second-order valence-corrected chi connectivity index (χ2v) is 6.51. The van der Waals surface area contributed by atoms with E-state index < -0.39 is 16.0 Å². The van der Waals surface area contributed by atoms with Gasteiger partial charge < -0.3 is 5.11 Å². The molecule has 106 valence electrons. The van der Waals surface area contributed by atoms with Gasteiger partial charge in [-0.3, -0.25) is 4.72 Å². The lowest BCUT2D eigenvalue weighted by atomic mass is 10.2. The van der Waals surface area contributed by atoms with Crippen molar-refractivity contribution in [3.05, 3.63) is 34.6 Å². The van der Waals surface area contributed by atoms with Crippen LogP contribution in [-0.2, 0) is 10.0 Å². The number of hydrogen-bond donors (Lipinski definition) is 2. The first-order valence-electron chi connectivity index (χ1n) is 5.15. The van der Waals surface area contributed by atoms with Crippen LogP contribution in [0.4, 0.5) is 5.13 Å². The number of nitrogens with one attached hydrogen (secondary N) is 1. The molecular weight excluding hydrogens is 326 g/mol. The molecule has 1 aromatic heterocycles. The Morgan fingerprint density at radius 1 is 1.45 bits per heavy atom. The predicted octanol–water partition coefficient (Wildman–Crippen LogP) is 2.00. The number of nitrogens with zero attached hydrogens (tertiary/aromatic N) is 2. The van der Waals surface area contributed by atoms with Crippen molar-refractivity contribution in [1.29, 1.82) is 0 Å². The first-order valence-corrected chi connectivity index (χ1v) is 7.79. The van der Waals surface area contributed by atoms with Gasteiger partial charge in [-0.05, 0) is 25.1 Å². The highest BCUT2D eigenvalue weighted by Gasteiger charge is 2.21. The summed E-state index contributed by atoms with van der Waals surface area (Å²) in [5.41, 5.74) is -0.178. The number of aryl methyl sites for hydroxylation is 1. The van der Waals surface area contributed by atoms with E-state index in [4.69, 9.17) is 16.7 Å². The van der Waals surface area contributed by atoms with Crippen LogP contribution < -0.4 is 4.72 Å². The summed E-state index contributed by atoms with van der Waals surface area (Å²) in [7, 11) is -4.02. The number of aromatic carboxylic acids is 1. The quantitative estimate of drug-likeness (QED) is 0.885. The third-order valence-electron chi connectivity index (χ3n) is 2.22. The smallest absolute Gasteiger partial charge is 0.335 e. The summed E-state index contributed by atoms with van der Waals surface area (Å²) in [5, 5.41) is 8.88. The van der Waals surface area contributed by atoms with E-state index in [2.05, 4.69) is 14.1 Å². The molecule has 0 saturated heterocycles. The van der Waals surface area contributed by atoms with Crippen LogP contribution in [0.3, 0.4) is 0 Å². The molecule has 1 aromatic carbocycles. The number of carboxylic acid groups (broad SMARTS) is 1. The van der Waals surface area contributed by atoms with E-state index in [0.717, 1.165) is 17.6 Å². The fraction of sp³-hybridized carbons (Fsp3) is 0.100. The van der Waals surface area contributed by atoms with Crippen molar-refractivity contribution >= 4 is 44.3 Å². The minimum absolute atomic E-state index is 0.0799. The average Bonchev–Trinajstić information content (AvgIpc) is 2.73. The first-order chi connectivity index (χ1) is 9.29. The van der Waals surface area contributed by atoms with Gasteiger partial charge in [0, 0.05) is 11.5 Å². The Hall–Kier alpha value is -1.71. The molecule has 0 radical (unpaired) electrons. The Balaban J connectivity index is 2.43. The van der Waals surface area contributed by atoms with E-state index in [1.54, 1.807) is 6.92 Å². The van der Waals surface area contributed by atoms with Crippen LogP contribution in [0.1, 0.15) is 16.2 Å². The van der Waals surface area contributed by atoms with Gasteiger partial charge in [-0.2, -0.15) is 4.37 Å². The highest BCUT2D eigenvalue weighted by Crippen LogP contribution is 2.25. The van der Waals surface area contributed by atoms with Crippen molar-refractivity contribution in [2.24, 2.45) is 0 Å². The number of aromatic nitrogens is 2. The molecule has 7 nitrogen and oxygen atoms in total. The number of halogens is 1. The zero-order valence-electron chi connectivity index (χ0n) is 9.99. The fourth-order valence-electron chi connectivity index (χ4n) is 1.35. The zero-order valence-corrected chi connectivity index (χ0v) is 12.4. The fourth-order valence-corrected chi connectivity index (χ4v) is 3.68. The largest absolute Gasteiger partial charge is 0.478 e. The van der Waals surface area contributed by atoms with E-state index in [1.807, 2.05) is 0 Å². The Morgan fingerprint density at radius 3 is 2.70 bits per heavy atom. The third-order valence-corrected chi connectivity index (χ3v) is 4.89. The monoisotopic (exact) mass is 333 g/mol. The lowest BCUT2D eigenvalue weighted by molar-refractivity contribution is 0.0696. The number of carbonyl (C=O) groups is 1. The molecule has 2 aromatic rings. The summed E-state index contributed by atoms with van der Waals surface area (Å²) in [5.74, 6) is -0.817. The maximum atomic E-state index is 12.2. The molecule has 0 aliphatic rings. The summed E-state index contributed by atoms with van der Waals surface area (Å²) in [6, 6.07) is 3.42. The predicted molar refractivity (Wildman–Crippen MR) is 73.9 cm³/mol. The van der Waals surface area contributed by atoms with Crippen molar-refractivity contribution in [3.63, 3.8) is 0 Å². The summed E-state index contributed by atoms with van der Waals surface area (Å²) in [6.45, 7) is 1.62. The van der Waals surface area contributed by atoms with E-state index in [9.17, 15) is 13.2 Å². The van der Waals surface area contributed by atoms with Crippen LogP contribution in [0, 0.1) is 6.92 Å². The van der Waals surface area contributed by atoms with E-state index in [-0.39, 0.29) is 20.6 Å². The van der Waals surface area contributed by atoms with Gasteiger partial charge >= 0.3 is 5.97 Å². The molecule has 0 saturated carbocycles. The maximum absolute atomic E-state index is 12.2. The van der Waals surface area contributed by atoms with Crippen LogP contribution in [0.2, 0.25) is 5.02 Å². The molecule has 20 heavy (non-hydrogen) atoms. The molecule has 1 heterocycles. The highest BCUT2D eigenvalue weighted by atomic mass is 35.5. The second-order valence-electron chi connectivity index (χ2n) is 3.70. The molecule has 2 N–H and O–H groups in total. The zero-order chi connectivity index (χ0) is 14.9. The van der Waals surface area contributed by atoms with Gasteiger partial charge in [-0.25, -0.2) is 18.2 Å². The second kappa shape index (κ2) is 5.35. The van der Waals surface area contributed by atoms with Crippen LogP contribution in [0.15, 0.2) is 23.1 Å². The molecule has 0 unspecified atom stereocenters. The van der Waals surface area contributed by atoms with Crippen molar-refractivity contribution < 1.29 is 18.3 Å². The molecule has 2 rings (SSSR count). The van der Waals surface area contributed by atoms with E-state index >= 15 is 0 Å². The Labute approximate surface area is 123 Å². The Morgan fingerprint density at radius 2 is 2.15 bits per heavy atom. The number of anilines is 1. The SMILES string of the molecule is Cc1nsc(NS(=O)(=O)c2cc(C(=O)O)ccc2Cl)n1. The number of benzene rings is 1. The molecule has 0 bridgehead atoms. The van der Waals surface area contributed by atoms with Gasteiger partial charge in [0.15, 0.2) is 0 Å². The van der Waals surface area contributed by atoms with Crippen molar-refractivity contribution in [2.75, 3.05) is 4.72 Å². The van der Waals surface area contributed by atoms with Crippen molar-refractivity contribution in [1.82, 2.24) is 9.36 Å². The Bertz CT molecular complexity index is 773. The van der Waals surface area contributed by atoms with Crippen molar-refractivity contribution in [2.45, 2.75) is 11.8 Å². The highest BCUT2D eigenvalue weighted by molar-refractivity contribution is 7.93. The molecule has 0 fully saturated rings. The van der Waals surface area contributed by atoms with E-state index in [1.165, 1.54) is 12.1 Å². The van der Waals surface area contributed by atoms with Gasteiger partial charge in [-0.1, -0.05) is 11.6 Å². The van der Waals surface area contributed by atoms with Gasteiger partial charge in [-0.15, -0.1) is 0 Å². The topological polar surface area (TPSA) is 109 Å². The number of rotatable bonds is 4. The number of carboxylic acids is 1. The lowest BCUT2D eigenvalue weighted by Gasteiger charge is -2.07. The molecule has 0 spiro atoms. The van der Waals surface area contributed by atoms with Gasteiger partial charge in [0.25, 0.3) is 10.0 Å². The first kappa shape index (κ1) is 14.7. The summed E-state index contributed by atoms with van der Waals surface area (Å²) >= 11 is 6.69. The Kier molecular flexibility index (Phi) is 3.93. The van der Waals surface area contributed by atoms with Crippen molar-refractivity contribution in [3.8, 4) is 0 Å². The van der Waals surface area contributed by atoms with Crippen LogP contribution >= 0.6 is 23.1 Å². The normalized spacial score (nSPS) is 11.3. The molecule has 0 amide bonds. The maximum Gasteiger partial charge on any atom is 0.335 e. The number of sulfonamides is 1. The van der Waals surface area contributed by atoms with Crippen LogP contribution in [0.5, 0.6) is 0 Å². The summed E-state index contributed by atoms with van der Waals surface area (Å²) in [4.78, 5) is 14.4. The van der Waals surface area contributed by atoms with Gasteiger partial charge in [0.05, 0.1) is 10.6 Å². The molecule has 0 aliphatic heterocycles.